The second-order valence-electron chi connectivity index (χ2n) is 3.74. The highest BCUT2D eigenvalue weighted by Gasteiger charge is 2.13. The molecule has 0 fully saturated rings. The van der Waals surface area contributed by atoms with Crippen molar-refractivity contribution in [2.45, 2.75) is 26.3 Å². The Morgan fingerprint density at radius 1 is 1.56 bits per heavy atom. The maximum Gasteiger partial charge on any atom is 0.252 e. The van der Waals surface area contributed by atoms with Gasteiger partial charge in [0.25, 0.3) is 5.91 Å². The van der Waals surface area contributed by atoms with Crippen molar-refractivity contribution >= 4 is 21.8 Å². The van der Waals surface area contributed by atoms with Crippen LogP contribution in [0.25, 0.3) is 0 Å². The van der Waals surface area contributed by atoms with Gasteiger partial charge in [0, 0.05) is 4.47 Å². The fourth-order valence-corrected chi connectivity index (χ4v) is 1.78. The van der Waals surface area contributed by atoms with Crippen LogP contribution in [-0.4, -0.2) is 23.7 Å². The zero-order valence-corrected chi connectivity index (χ0v) is 11.0. The molecule has 4 heteroatoms. The smallest absolute Gasteiger partial charge is 0.252 e. The highest BCUT2D eigenvalue weighted by Crippen LogP contribution is 2.18. The van der Waals surface area contributed by atoms with E-state index in [-0.39, 0.29) is 18.6 Å². The number of halogens is 1. The summed E-state index contributed by atoms with van der Waals surface area (Å²) in [7, 11) is 0. The summed E-state index contributed by atoms with van der Waals surface area (Å²) in [6.45, 7) is 3.82. The van der Waals surface area contributed by atoms with Crippen molar-refractivity contribution in [3.8, 4) is 0 Å². The van der Waals surface area contributed by atoms with Crippen LogP contribution in [0.15, 0.2) is 22.7 Å². The molecule has 0 saturated carbocycles. The number of carbonyl (C=O) groups excluding carboxylic acids is 1. The normalized spacial score (nSPS) is 12.2. The van der Waals surface area contributed by atoms with Crippen LogP contribution in [0, 0.1) is 6.92 Å². The van der Waals surface area contributed by atoms with Gasteiger partial charge in [-0.15, -0.1) is 0 Å². The summed E-state index contributed by atoms with van der Waals surface area (Å²) in [4.78, 5) is 11.9. The van der Waals surface area contributed by atoms with E-state index in [9.17, 15) is 4.79 Å². The summed E-state index contributed by atoms with van der Waals surface area (Å²) in [5, 5.41) is 11.8. The van der Waals surface area contributed by atoms with Gasteiger partial charge in [0.15, 0.2) is 0 Å². The van der Waals surface area contributed by atoms with E-state index in [4.69, 9.17) is 5.11 Å². The van der Waals surface area contributed by atoms with E-state index < -0.39 is 0 Å². The lowest BCUT2D eigenvalue weighted by molar-refractivity contribution is 0.0914. The highest BCUT2D eigenvalue weighted by molar-refractivity contribution is 9.10. The maximum absolute atomic E-state index is 11.9. The SMILES string of the molecule is CC[C@@H](CO)NC(=O)c1cc(C)ccc1Br. The number of hydrogen-bond acceptors (Lipinski definition) is 2. The minimum absolute atomic E-state index is 0.0360. The molecule has 0 bridgehead atoms. The van der Waals surface area contributed by atoms with E-state index in [0.717, 1.165) is 10.0 Å². The van der Waals surface area contributed by atoms with E-state index in [1.54, 1.807) is 0 Å². The Kier molecular flexibility index (Phi) is 4.96. The van der Waals surface area contributed by atoms with E-state index in [0.29, 0.717) is 12.0 Å². The number of aliphatic hydroxyl groups excluding tert-OH is 1. The van der Waals surface area contributed by atoms with E-state index in [1.165, 1.54) is 0 Å². The van der Waals surface area contributed by atoms with Crippen LogP contribution < -0.4 is 5.32 Å². The van der Waals surface area contributed by atoms with Gasteiger partial charge in [0.1, 0.15) is 0 Å². The van der Waals surface area contributed by atoms with Crippen molar-refractivity contribution in [2.24, 2.45) is 0 Å². The van der Waals surface area contributed by atoms with Crippen LogP contribution in [0.2, 0.25) is 0 Å². The van der Waals surface area contributed by atoms with Crippen molar-refractivity contribution in [2.75, 3.05) is 6.61 Å². The van der Waals surface area contributed by atoms with Crippen molar-refractivity contribution < 1.29 is 9.90 Å². The number of aliphatic hydroxyl groups is 1. The van der Waals surface area contributed by atoms with Crippen LogP contribution in [0.4, 0.5) is 0 Å². The largest absolute Gasteiger partial charge is 0.394 e. The third kappa shape index (κ3) is 3.32. The van der Waals surface area contributed by atoms with E-state index >= 15 is 0 Å². The lowest BCUT2D eigenvalue weighted by Crippen LogP contribution is -2.37. The number of benzene rings is 1. The van der Waals surface area contributed by atoms with E-state index in [1.807, 2.05) is 32.0 Å². The molecule has 0 aliphatic heterocycles. The van der Waals surface area contributed by atoms with Gasteiger partial charge in [0.05, 0.1) is 18.2 Å². The average molecular weight is 286 g/mol. The van der Waals surface area contributed by atoms with Gasteiger partial charge in [-0.05, 0) is 41.4 Å². The summed E-state index contributed by atoms with van der Waals surface area (Å²) in [5.74, 6) is -0.156. The summed E-state index contributed by atoms with van der Waals surface area (Å²) < 4.78 is 0.767. The summed E-state index contributed by atoms with van der Waals surface area (Å²) >= 11 is 3.34. The Labute approximate surface area is 104 Å². The standard InChI is InChI=1S/C12H16BrNO2/c1-3-9(7-15)14-12(16)10-6-8(2)4-5-11(10)13/h4-6,9,15H,3,7H2,1-2H3,(H,14,16)/t9-/m0/s1. The molecule has 0 aliphatic rings. The molecule has 1 aromatic carbocycles. The van der Waals surface area contributed by atoms with Crippen molar-refractivity contribution in [3.63, 3.8) is 0 Å². The predicted molar refractivity (Wildman–Crippen MR) is 67.5 cm³/mol. The van der Waals surface area contributed by atoms with Gasteiger partial charge in [0.2, 0.25) is 0 Å². The molecular weight excluding hydrogens is 270 g/mol. The molecule has 0 aromatic heterocycles. The van der Waals surface area contributed by atoms with Crippen molar-refractivity contribution in [3.05, 3.63) is 33.8 Å². The van der Waals surface area contributed by atoms with Crippen LogP contribution in [0.3, 0.4) is 0 Å². The van der Waals surface area contributed by atoms with Crippen LogP contribution in [0.1, 0.15) is 29.3 Å². The Bertz CT molecular complexity index is 375. The first-order valence-corrected chi connectivity index (χ1v) is 6.05. The molecule has 1 atom stereocenters. The molecule has 3 nitrogen and oxygen atoms in total. The molecule has 0 spiro atoms. The molecule has 0 aliphatic carbocycles. The summed E-state index contributed by atoms with van der Waals surface area (Å²) in [6.07, 6.45) is 0.714. The zero-order valence-electron chi connectivity index (χ0n) is 9.46. The number of amides is 1. The van der Waals surface area contributed by atoms with Crippen LogP contribution in [-0.2, 0) is 0 Å². The number of rotatable bonds is 4. The minimum Gasteiger partial charge on any atom is -0.394 e. The molecule has 2 N–H and O–H groups in total. The third-order valence-electron chi connectivity index (χ3n) is 2.41. The van der Waals surface area contributed by atoms with Gasteiger partial charge in [-0.25, -0.2) is 0 Å². The van der Waals surface area contributed by atoms with E-state index in [2.05, 4.69) is 21.2 Å². The van der Waals surface area contributed by atoms with Gasteiger partial charge in [-0.2, -0.15) is 0 Å². The molecule has 1 amide bonds. The van der Waals surface area contributed by atoms with Gasteiger partial charge in [-0.1, -0.05) is 18.6 Å². The molecule has 0 unspecified atom stereocenters. The molecular formula is C12H16BrNO2. The molecule has 0 heterocycles. The lowest BCUT2D eigenvalue weighted by atomic mass is 10.1. The summed E-state index contributed by atoms with van der Waals surface area (Å²) in [6, 6.07) is 5.43. The number of aryl methyl sites for hydroxylation is 1. The maximum atomic E-state index is 11.9. The van der Waals surface area contributed by atoms with Crippen molar-refractivity contribution in [1.29, 1.82) is 0 Å². The molecule has 16 heavy (non-hydrogen) atoms. The number of hydrogen-bond donors (Lipinski definition) is 2. The number of nitrogens with one attached hydrogen (secondary N) is 1. The predicted octanol–water partition coefficient (Wildman–Crippen LogP) is 2.26. The Morgan fingerprint density at radius 2 is 2.25 bits per heavy atom. The second-order valence-corrected chi connectivity index (χ2v) is 4.60. The summed E-state index contributed by atoms with van der Waals surface area (Å²) in [5.41, 5.74) is 1.64. The van der Waals surface area contributed by atoms with Crippen LogP contribution >= 0.6 is 15.9 Å². The van der Waals surface area contributed by atoms with Crippen LogP contribution in [0.5, 0.6) is 0 Å². The monoisotopic (exact) mass is 285 g/mol. The molecule has 0 radical (unpaired) electrons. The topological polar surface area (TPSA) is 49.3 Å². The quantitative estimate of drug-likeness (QED) is 0.892. The van der Waals surface area contributed by atoms with Crippen molar-refractivity contribution in [1.82, 2.24) is 5.32 Å². The highest BCUT2D eigenvalue weighted by atomic mass is 79.9. The Morgan fingerprint density at radius 3 is 2.81 bits per heavy atom. The first kappa shape index (κ1) is 13.2. The lowest BCUT2D eigenvalue weighted by Gasteiger charge is -2.14. The first-order valence-electron chi connectivity index (χ1n) is 5.26. The first-order chi connectivity index (χ1) is 7.58. The third-order valence-corrected chi connectivity index (χ3v) is 3.11. The Hall–Kier alpha value is -0.870. The zero-order chi connectivity index (χ0) is 12.1. The number of carbonyl (C=O) groups is 1. The molecule has 1 aromatic rings. The van der Waals surface area contributed by atoms with Gasteiger partial charge >= 0.3 is 0 Å². The molecule has 1 rings (SSSR count). The van der Waals surface area contributed by atoms with Gasteiger partial charge in [-0.3, -0.25) is 4.79 Å². The average Bonchev–Trinajstić information content (AvgIpc) is 2.28. The minimum atomic E-state index is -0.181. The fourth-order valence-electron chi connectivity index (χ4n) is 1.35. The second kappa shape index (κ2) is 6.01. The fraction of sp³-hybridized carbons (Fsp3) is 0.417. The molecule has 88 valence electrons. The molecule has 0 saturated heterocycles. The van der Waals surface area contributed by atoms with Gasteiger partial charge < -0.3 is 10.4 Å². The Balaban J connectivity index is 2.83.